The maximum atomic E-state index is 3.46. The molecule has 0 aliphatic rings. The molecule has 0 aliphatic heterocycles. The van der Waals surface area contributed by atoms with Crippen LogP contribution in [0.5, 0.6) is 0 Å². The standard InChI is InChI=1S/C7H6BrGe/c8-7-4-2-1-3-6(7)5-9/h1-4H,5H2. The number of benzene rings is 1. The summed E-state index contributed by atoms with van der Waals surface area (Å²) in [5.74, 6) is 0. The maximum absolute atomic E-state index is 3.46. The molecule has 0 bridgehead atoms. The molecule has 1 aromatic carbocycles. The summed E-state index contributed by atoms with van der Waals surface area (Å²) in [6.45, 7) is 0. The molecule has 0 unspecified atom stereocenters. The van der Waals surface area contributed by atoms with Gasteiger partial charge in [-0.3, -0.25) is 0 Å². The fourth-order valence-corrected chi connectivity index (χ4v) is 2.26. The second-order valence-electron chi connectivity index (χ2n) is 1.77. The van der Waals surface area contributed by atoms with Crippen molar-refractivity contribution in [2.75, 3.05) is 0 Å². The Morgan fingerprint density at radius 3 is 2.44 bits per heavy atom. The van der Waals surface area contributed by atoms with Crippen LogP contribution in [0.3, 0.4) is 0 Å². The van der Waals surface area contributed by atoms with Gasteiger partial charge in [0.1, 0.15) is 0 Å². The van der Waals surface area contributed by atoms with Crippen molar-refractivity contribution in [3.8, 4) is 0 Å². The van der Waals surface area contributed by atoms with E-state index in [2.05, 4.69) is 50.6 Å². The predicted molar refractivity (Wildman–Crippen MR) is 43.6 cm³/mol. The summed E-state index contributed by atoms with van der Waals surface area (Å²) >= 11 is 5.61. The van der Waals surface area contributed by atoms with E-state index in [0.29, 0.717) is 0 Å². The average molecular weight is 243 g/mol. The van der Waals surface area contributed by atoms with Gasteiger partial charge in [-0.15, -0.1) is 0 Å². The summed E-state index contributed by atoms with van der Waals surface area (Å²) in [5, 5.41) is 1.10. The van der Waals surface area contributed by atoms with E-state index in [4.69, 9.17) is 0 Å². The molecule has 0 amide bonds. The summed E-state index contributed by atoms with van der Waals surface area (Å²) in [6, 6.07) is 8.29. The molecule has 3 radical (unpaired) electrons. The van der Waals surface area contributed by atoms with Gasteiger partial charge in [-0.1, -0.05) is 0 Å². The fraction of sp³-hybridized carbons (Fsp3) is 0.143. The number of rotatable bonds is 1. The second kappa shape index (κ2) is 3.42. The normalized spacial score (nSPS) is 9.56. The number of hydrogen-bond acceptors (Lipinski definition) is 0. The fourth-order valence-electron chi connectivity index (χ4n) is 0.642. The zero-order valence-corrected chi connectivity index (χ0v) is 8.58. The Morgan fingerprint density at radius 1 is 1.33 bits per heavy atom. The van der Waals surface area contributed by atoms with E-state index in [1.165, 1.54) is 10.0 Å². The Kier molecular flexibility index (Phi) is 2.79. The van der Waals surface area contributed by atoms with Gasteiger partial charge in [-0.25, -0.2) is 0 Å². The summed E-state index contributed by atoms with van der Waals surface area (Å²) in [5.41, 5.74) is 1.37. The Bertz CT molecular complexity index is 198. The SMILES string of the molecule is [Ge][CH2]c1ccccc1Br. The Morgan fingerprint density at radius 2 is 2.00 bits per heavy atom. The molecule has 1 rings (SSSR count). The molecule has 0 saturated carbocycles. The first-order chi connectivity index (χ1) is 4.34. The molecular formula is C7H6BrGe. The predicted octanol–water partition coefficient (Wildman–Crippen LogP) is 2.12. The van der Waals surface area contributed by atoms with Crippen LogP contribution in [-0.2, 0) is 5.25 Å². The van der Waals surface area contributed by atoms with Gasteiger partial charge < -0.3 is 0 Å². The molecule has 0 aliphatic carbocycles. The zero-order valence-electron chi connectivity index (χ0n) is 4.89. The van der Waals surface area contributed by atoms with Gasteiger partial charge in [-0.05, 0) is 0 Å². The van der Waals surface area contributed by atoms with Crippen LogP contribution in [0.25, 0.3) is 0 Å². The van der Waals surface area contributed by atoms with Crippen molar-refractivity contribution in [2.24, 2.45) is 0 Å². The Balaban J connectivity index is 3.01. The number of hydrogen-bond donors (Lipinski definition) is 0. The molecule has 0 aromatic heterocycles. The van der Waals surface area contributed by atoms with Gasteiger partial charge in [-0.2, -0.15) is 0 Å². The van der Waals surface area contributed by atoms with E-state index in [1.807, 2.05) is 6.07 Å². The Hall–Kier alpha value is 0.243. The zero-order chi connectivity index (χ0) is 6.69. The van der Waals surface area contributed by atoms with E-state index >= 15 is 0 Å². The van der Waals surface area contributed by atoms with E-state index < -0.39 is 0 Å². The van der Waals surface area contributed by atoms with Crippen LogP contribution in [0.4, 0.5) is 0 Å². The third-order valence-corrected chi connectivity index (χ3v) is 2.72. The van der Waals surface area contributed by atoms with E-state index in [0.717, 1.165) is 5.25 Å². The van der Waals surface area contributed by atoms with Crippen LogP contribution in [0.1, 0.15) is 5.56 Å². The summed E-state index contributed by atoms with van der Waals surface area (Å²) in [7, 11) is 0. The summed E-state index contributed by atoms with van der Waals surface area (Å²) in [4.78, 5) is 0. The van der Waals surface area contributed by atoms with Crippen molar-refractivity contribution in [1.82, 2.24) is 0 Å². The van der Waals surface area contributed by atoms with Crippen molar-refractivity contribution >= 4 is 32.4 Å². The van der Waals surface area contributed by atoms with Crippen LogP contribution in [-0.4, -0.2) is 16.5 Å². The summed E-state index contributed by atoms with van der Waals surface area (Å²) < 4.78 is 1.22. The number of halogens is 1. The van der Waals surface area contributed by atoms with Crippen LogP contribution >= 0.6 is 15.9 Å². The molecule has 2 heteroatoms. The van der Waals surface area contributed by atoms with Crippen molar-refractivity contribution in [2.45, 2.75) is 5.25 Å². The van der Waals surface area contributed by atoms with Crippen molar-refractivity contribution in [3.63, 3.8) is 0 Å². The van der Waals surface area contributed by atoms with Crippen molar-refractivity contribution < 1.29 is 0 Å². The van der Waals surface area contributed by atoms with Gasteiger partial charge in [0.25, 0.3) is 0 Å². The molecule has 0 N–H and O–H groups in total. The first kappa shape index (κ1) is 7.35. The van der Waals surface area contributed by atoms with E-state index in [-0.39, 0.29) is 0 Å². The van der Waals surface area contributed by atoms with Crippen LogP contribution < -0.4 is 0 Å². The first-order valence-corrected chi connectivity index (χ1v) is 5.00. The topological polar surface area (TPSA) is 0 Å². The monoisotopic (exact) mass is 243 g/mol. The second-order valence-corrected chi connectivity index (χ2v) is 3.36. The van der Waals surface area contributed by atoms with Crippen LogP contribution in [0.2, 0.25) is 0 Å². The summed E-state index contributed by atoms with van der Waals surface area (Å²) in [6.07, 6.45) is 0. The van der Waals surface area contributed by atoms with Gasteiger partial charge >= 0.3 is 72.0 Å². The van der Waals surface area contributed by atoms with Crippen molar-refractivity contribution in [1.29, 1.82) is 0 Å². The molecule has 0 saturated heterocycles. The van der Waals surface area contributed by atoms with E-state index in [1.54, 1.807) is 0 Å². The molecular weight excluding hydrogens is 237 g/mol. The molecule has 1 aromatic rings. The third kappa shape index (κ3) is 1.83. The van der Waals surface area contributed by atoms with Gasteiger partial charge in [0.15, 0.2) is 0 Å². The first-order valence-electron chi connectivity index (χ1n) is 2.72. The molecule has 45 valence electrons. The molecule has 0 fully saturated rings. The van der Waals surface area contributed by atoms with Crippen LogP contribution in [0, 0.1) is 0 Å². The van der Waals surface area contributed by atoms with Gasteiger partial charge in [0.2, 0.25) is 0 Å². The molecule has 0 spiro atoms. The molecule has 0 atom stereocenters. The van der Waals surface area contributed by atoms with Crippen LogP contribution in [0.15, 0.2) is 28.7 Å². The Labute approximate surface area is 72.0 Å². The minimum absolute atomic E-state index is 1.10. The molecule has 9 heavy (non-hydrogen) atoms. The molecule has 0 heterocycles. The minimum atomic E-state index is 1.10. The van der Waals surface area contributed by atoms with E-state index in [9.17, 15) is 0 Å². The average Bonchev–Trinajstić information content (AvgIpc) is 1.89. The van der Waals surface area contributed by atoms with Gasteiger partial charge in [0, 0.05) is 0 Å². The molecule has 0 nitrogen and oxygen atoms in total. The van der Waals surface area contributed by atoms with Crippen molar-refractivity contribution in [3.05, 3.63) is 34.3 Å². The van der Waals surface area contributed by atoms with Gasteiger partial charge in [0.05, 0.1) is 0 Å². The quantitative estimate of drug-likeness (QED) is 0.662. The third-order valence-electron chi connectivity index (χ3n) is 1.15.